The molecule has 0 aromatic heterocycles. The van der Waals surface area contributed by atoms with Gasteiger partial charge in [0.15, 0.2) is 0 Å². The van der Waals surface area contributed by atoms with E-state index in [0.717, 1.165) is 5.57 Å². The largest absolute Gasteiger partial charge is 0.171 e. The first-order valence-corrected chi connectivity index (χ1v) is 3.18. The summed E-state index contributed by atoms with van der Waals surface area (Å²) in [6, 6.07) is 0. The number of hydrogen-bond donors (Lipinski definition) is 1. The molecule has 1 heteroatoms. The van der Waals surface area contributed by atoms with Crippen LogP contribution in [0.5, 0.6) is 0 Å². The van der Waals surface area contributed by atoms with Crippen molar-refractivity contribution in [2.45, 2.75) is 12.2 Å². The molecule has 0 saturated carbocycles. The molecule has 0 N–H and O–H groups in total. The van der Waals surface area contributed by atoms with Gasteiger partial charge in [0.2, 0.25) is 0 Å². The van der Waals surface area contributed by atoms with Crippen LogP contribution in [-0.2, 0) is 0 Å². The van der Waals surface area contributed by atoms with E-state index in [-0.39, 0.29) is 5.25 Å². The van der Waals surface area contributed by atoms with E-state index in [0.29, 0.717) is 0 Å². The zero-order valence-electron chi connectivity index (χ0n) is 5.52. The van der Waals surface area contributed by atoms with Gasteiger partial charge in [0, 0.05) is 5.25 Å². The second kappa shape index (κ2) is 4.29. The molecule has 0 spiro atoms. The Morgan fingerprint density at radius 2 is 2.33 bits per heavy atom. The summed E-state index contributed by atoms with van der Waals surface area (Å²) >= 11 is 4.15. The van der Waals surface area contributed by atoms with Gasteiger partial charge in [-0.3, -0.25) is 0 Å². The Labute approximate surface area is 61.7 Å². The van der Waals surface area contributed by atoms with Crippen LogP contribution in [0.3, 0.4) is 0 Å². The molecule has 1 unspecified atom stereocenters. The highest BCUT2D eigenvalue weighted by atomic mass is 32.1. The molecule has 0 fully saturated rings. The molecule has 0 aliphatic rings. The normalized spacial score (nSPS) is 10.9. The molecule has 0 heterocycles. The molecule has 0 rings (SSSR count). The molecule has 0 amide bonds. The summed E-state index contributed by atoms with van der Waals surface area (Å²) in [6.07, 6.45) is 1.73. The van der Waals surface area contributed by atoms with Crippen LogP contribution >= 0.6 is 12.6 Å². The van der Waals surface area contributed by atoms with Gasteiger partial charge in [-0.25, -0.2) is 0 Å². The Morgan fingerprint density at radius 1 is 1.78 bits per heavy atom. The van der Waals surface area contributed by atoms with E-state index >= 15 is 0 Å². The van der Waals surface area contributed by atoms with E-state index in [4.69, 9.17) is 0 Å². The van der Waals surface area contributed by atoms with Gasteiger partial charge in [-0.2, -0.15) is 12.6 Å². The monoisotopic (exact) mass is 138 g/mol. The van der Waals surface area contributed by atoms with Gasteiger partial charge in [-0.05, 0) is 25.2 Å². The topological polar surface area (TPSA) is 0 Å². The van der Waals surface area contributed by atoms with Gasteiger partial charge in [-0.1, -0.05) is 18.0 Å². The molecule has 9 heavy (non-hydrogen) atoms. The number of hydrogen-bond acceptors (Lipinski definition) is 1. The predicted octanol–water partition coefficient (Wildman–Crippen LogP) is 2.36. The molecule has 0 saturated heterocycles. The van der Waals surface area contributed by atoms with E-state index in [9.17, 15) is 0 Å². The van der Waals surface area contributed by atoms with Gasteiger partial charge in [0.05, 0.1) is 0 Å². The van der Waals surface area contributed by atoms with Gasteiger partial charge in [-0.15, -0.1) is 0 Å². The average molecular weight is 138 g/mol. The Morgan fingerprint density at radius 3 is 2.67 bits per heavy atom. The lowest BCUT2D eigenvalue weighted by Crippen LogP contribution is -1.89. The van der Waals surface area contributed by atoms with Crippen molar-refractivity contribution < 1.29 is 0 Å². The van der Waals surface area contributed by atoms with Crippen molar-refractivity contribution in [3.8, 4) is 0 Å². The summed E-state index contributed by atoms with van der Waals surface area (Å²) in [5, 5.41) is 0.186. The minimum atomic E-state index is 0.186. The highest BCUT2D eigenvalue weighted by Gasteiger charge is 1.92. The highest BCUT2D eigenvalue weighted by molar-refractivity contribution is 7.81. The fourth-order valence-corrected chi connectivity index (χ4v) is 0.339. The molecule has 0 bridgehead atoms. The summed E-state index contributed by atoms with van der Waals surface area (Å²) in [7, 11) is 0. The Balaban J connectivity index is 4.09. The molecule has 1 atom stereocenters. The quantitative estimate of drug-likeness (QED) is 0.338. The maximum Gasteiger partial charge on any atom is 0.0239 e. The fraction of sp³-hybridized carbons (Fsp3) is 0.250. The van der Waals surface area contributed by atoms with E-state index in [1.54, 1.807) is 6.08 Å². The second-order valence-corrected chi connectivity index (χ2v) is 2.49. The van der Waals surface area contributed by atoms with Crippen LogP contribution in [0.15, 0.2) is 36.3 Å². The first-order valence-electron chi connectivity index (χ1n) is 2.66. The van der Waals surface area contributed by atoms with Crippen molar-refractivity contribution in [3.05, 3.63) is 36.3 Å². The minimum Gasteiger partial charge on any atom is -0.171 e. The van der Waals surface area contributed by atoms with Crippen LogP contribution in [0.2, 0.25) is 0 Å². The van der Waals surface area contributed by atoms with Crippen molar-refractivity contribution in [1.82, 2.24) is 0 Å². The lowest BCUT2D eigenvalue weighted by molar-refractivity contribution is 1.19. The van der Waals surface area contributed by atoms with Crippen molar-refractivity contribution in [3.63, 3.8) is 0 Å². The molecule has 0 aromatic rings. The van der Waals surface area contributed by atoms with Crippen LogP contribution in [0.1, 0.15) is 6.92 Å². The van der Waals surface area contributed by atoms with E-state index in [2.05, 4.69) is 37.2 Å². The molecule has 0 aromatic carbocycles. The molecule has 0 radical (unpaired) electrons. The Kier molecular flexibility index (Phi) is 4.00. The lowest BCUT2D eigenvalue weighted by Gasteiger charge is -1.98. The second-order valence-electron chi connectivity index (χ2n) is 1.72. The molecular weight excluding hydrogens is 128 g/mol. The van der Waals surface area contributed by atoms with Gasteiger partial charge in [0.25, 0.3) is 0 Å². The summed E-state index contributed by atoms with van der Waals surface area (Å²) in [6.45, 7) is 9.04. The van der Waals surface area contributed by atoms with Gasteiger partial charge >= 0.3 is 0 Å². The van der Waals surface area contributed by atoms with Crippen LogP contribution in [0, 0.1) is 0 Å². The van der Waals surface area contributed by atoms with Crippen LogP contribution in [0.25, 0.3) is 0 Å². The molecule has 0 aliphatic heterocycles. The standard InChI is InChI=1S/C8H10S/c1-4-5-6-7(2)8(3)9/h6,8-9H,1-2H2,3H3. The van der Waals surface area contributed by atoms with Crippen molar-refractivity contribution >= 4 is 12.6 Å². The average Bonchev–Trinajstić information content (AvgIpc) is 1.82. The minimum absolute atomic E-state index is 0.186. The van der Waals surface area contributed by atoms with E-state index in [1.807, 2.05) is 6.92 Å². The van der Waals surface area contributed by atoms with Gasteiger partial charge in [0.1, 0.15) is 0 Å². The van der Waals surface area contributed by atoms with Crippen molar-refractivity contribution in [2.24, 2.45) is 0 Å². The highest BCUT2D eigenvalue weighted by Crippen LogP contribution is 2.05. The van der Waals surface area contributed by atoms with Crippen LogP contribution in [0.4, 0.5) is 0 Å². The molecule has 48 valence electrons. The molecular formula is C8H10S. The van der Waals surface area contributed by atoms with E-state index < -0.39 is 0 Å². The third-order valence-corrected chi connectivity index (χ3v) is 1.23. The first-order chi connectivity index (χ1) is 4.18. The third kappa shape index (κ3) is 3.93. The molecule has 0 nitrogen and oxygen atoms in total. The molecule has 0 aliphatic carbocycles. The predicted molar refractivity (Wildman–Crippen MR) is 44.8 cm³/mol. The van der Waals surface area contributed by atoms with Crippen molar-refractivity contribution in [2.75, 3.05) is 0 Å². The zero-order chi connectivity index (χ0) is 7.28. The first kappa shape index (κ1) is 8.39. The Hall–Kier alpha value is -0.610. The summed E-state index contributed by atoms with van der Waals surface area (Å²) < 4.78 is 0. The fourth-order valence-electron chi connectivity index (χ4n) is 0.264. The lowest BCUT2D eigenvalue weighted by atomic mass is 10.2. The van der Waals surface area contributed by atoms with Crippen LogP contribution < -0.4 is 0 Å². The van der Waals surface area contributed by atoms with Crippen molar-refractivity contribution in [1.29, 1.82) is 0 Å². The third-order valence-electron chi connectivity index (χ3n) is 0.896. The SMILES string of the molecule is C=C=C=CC(=C)C(C)S. The summed E-state index contributed by atoms with van der Waals surface area (Å²) in [5.41, 5.74) is 6.12. The Bertz CT molecular complexity index is 177. The summed E-state index contributed by atoms with van der Waals surface area (Å²) in [4.78, 5) is 0. The smallest absolute Gasteiger partial charge is 0.0239 e. The summed E-state index contributed by atoms with van der Waals surface area (Å²) in [5.74, 6) is 0. The zero-order valence-corrected chi connectivity index (χ0v) is 6.41. The van der Waals surface area contributed by atoms with Gasteiger partial charge < -0.3 is 0 Å². The number of thiol groups is 1. The van der Waals surface area contributed by atoms with Crippen LogP contribution in [-0.4, -0.2) is 5.25 Å². The van der Waals surface area contributed by atoms with E-state index in [1.165, 1.54) is 0 Å². The maximum absolute atomic E-state index is 4.15. The number of allylic oxidation sites excluding steroid dienone is 1. The maximum atomic E-state index is 4.15. The number of rotatable bonds is 2.